The van der Waals surface area contributed by atoms with Crippen LogP contribution in [0.25, 0.3) is 0 Å². The molecule has 0 rings (SSSR count). The van der Waals surface area contributed by atoms with Gasteiger partial charge in [-0.05, 0) is 51.4 Å². The number of allylic oxidation sites excluding steroid dienone is 4. The molecule has 0 fully saturated rings. The molecule has 0 spiro atoms. The number of esters is 3. The minimum absolute atomic E-state index is 0.0706. The second kappa shape index (κ2) is 49.5. The maximum atomic E-state index is 12.8. The van der Waals surface area contributed by atoms with Crippen molar-refractivity contribution < 1.29 is 28.6 Å². The molecular formula is C54H100O6. The van der Waals surface area contributed by atoms with Crippen molar-refractivity contribution in [2.75, 3.05) is 13.2 Å². The lowest BCUT2D eigenvalue weighted by atomic mass is 10.0. The van der Waals surface area contributed by atoms with Crippen LogP contribution >= 0.6 is 0 Å². The molecule has 6 nitrogen and oxygen atoms in total. The lowest BCUT2D eigenvalue weighted by Gasteiger charge is -2.18. The monoisotopic (exact) mass is 845 g/mol. The van der Waals surface area contributed by atoms with E-state index < -0.39 is 6.10 Å². The van der Waals surface area contributed by atoms with Gasteiger partial charge >= 0.3 is 17.9 Å². The van der Waals surface area contributed by atoms with E-state index >= 15 is 0 Å². The Hall–Kier alpha value is -2.11. The van der Waals surface area contributed by atoms with Crippen molar-refractivity contribution in [3.8, 4) is 0 Å². The van der Waals surface area contributed by atoms with Gasteiger partial charge in [0.2, 0.25) is 0 Å². The first kappa shape index (κ1) is 57.9. The highest BCUT2D eigenvalue weighted by Crippen LogP contribution is 2.16. The van der Waals surface area contributed by atoms with Crippen molar-refractivity contribution in [2.24, 2.45) is 0 Å². The maximum Gasteiger partial charge on any atom is 0.306 e. The molecule has 6 heteroatoms. The van der Waals surface area contributed by atoms with Crippen LogP contribution in [0.15, 0.2) is 24.3 Å². The fraction of sp³-hybridized carbons (Fsp3) is 0.870. The lowest BCUT2D eigenvalue weighted by molar-refractivity contribution is -0.167. The molecule has 0 aromatic heterocycles. The van der Waals surface area contributed by atoms with Crippen LogP contribution in [0.4, 0.5) is 0 Å². The molecule has 0 amide bonds. The quantitative estimate of drug-likeness (QED) is 0.0263. The van der Waals surface area contributed by atoms with Crippen LogP contribution in [0.2, 0.25) is 0 Å². The van der Waals surface area contributed by atoms with Gasteiger partial charge in [-0.1, -0.05) is 238 Å². The summed E-state index contributed by atoms with van der Waals surface area (Å²) in [6.45, 7) is 6.59. The molecule has 0 aromatic rings. The molecule has 0 saturated heterocycles. The second-order valence-corrected chi connectivity index (χ2v) is 17.8. The van der Waals surface area contributed by atoms with Gasteiger partial charge in [-0.25, -0.2) is 0 Å². The first-order chi connectivity index (χ1) is 29.5. The van der Waals surface area contributed by atoms with E-state index in [4.69, 9.17) is 14.2 Å². The highest BCUT2D eigenvalue weighted by Gasteiger charge is 2.19. The zero-order chi connectivity index (χ0) is 43.7. The van der Waals surface area contributed by atoms with E-state index in [0.717, 1.165) is 70.6 Å². The average molecular weight is 845 g/mol. The summed E-state index contributed by atoms with van der Waals surface area (Å²) in [5, 5.41) is 0. The first-order valence-electron chi connectivity index (χ1n) is 26.3. The normalized spacial score (nSPS) is 12.1. The number of ether oxygens (including phenoxy) is 3. The predicted octanol–water partition coefficient (Wildman–Crippen LogP) is 17.2. The van der Waals surface area contributed by atoms with Crippen molar-refractivity contribution in [1.82, 2.24) is 0 Å². The largest absolute Gasteiger partial charge is 0.462 e. The summed E-state index contributed by atoms with van der Waals surface area (Å²) in [4.78, 5) is 37.8. The number of rotatable bonds is 48. The van der Waals surface area contributed by atoms with Crippen LogP contribution < -0.4 is 0 Å². The van der Waals surface area contributed by atoms with E-state index in [9.17, 15) is 14.4 Å². The van der Waals surface area contributed by atoms with Crippen LogP contribution in [-0.2, 0) is 28.6 Å². The van der Waals surface area contributed by atoms with Crippen LogP contribution in [0.1, 0.15) is 284 Å². The first-order valence-corrected chi connectivity index (χ1v) is 26.3. The minimum atomic E-state index is -0.767. The van der Waals surface area contributed by atoms with Gasteiger partial charge in [0.25, 0.3) is 0 Å². The van der Waals surface area contributed by atoms with Crippen molar-refractivity contribution >= 4 is 17.9 Å². The Balaban J connectivity index is 4.18. The van der Waals surface area contributed by atoms with Gasteiger partial charge in [-0.3, -0.25) is 14.4 Å². The SMILES string of the molecule is CCCCCC/C=C\C/C=C\CCCCCCCCCC(=O)OCC(COC(=O)CCCCCCCC)OC(=O)CCCCCCCCCCCCCCCCCCCC. The molecule has 0 bridgehead atoms. The zero-order valence-corrected chi connectivity index (χ0v) is 40.2. The highest BCUT2D eigenvalue weighted by atomic mass is 16.6. The molecular weight excluding hydrogens is 745 g/mol. The number of unbranched alkanes of at least 4 members (excludes halogenated alkanes) is 33. The predicted molar refractivity (Wildman–Crippen MR) is 256 cm³/mol. The van der Waals surface area contributed by atoms with Crippen molar-refractivity contribution in [3.05, 3.63) is 24.3 Å². The van der Waals surface area contributed by atoms with Crippen molar-refractivity contribution in [3.63, 3.8) is 0 Å². The third-order valence-electron chi connectivity index (χ3n) is 11.7. The van der Waals surface area contributed by atoms with E-state index in [0.29, 0.717) is 19.3 Å². The topological polar surface area (TPSA) is 78.9 Å². The van der Waals surface area contributed by atoms with Gasteiger partial charge < -0.3 is 14.2 Å². The number of carbonyl (C=O) groups is 3. The Labute approximate surface area is 373 Å². The van der Waals surface area contributed by atoms with Crippen molar-refractivity contribution in [2.45, 2.75) is 290 Å². The number of carbonyl (C=O) groups excluding carboxylic acids is 3. The summed E-state index contributed by atoms with van der Waals surface area (Å²) in [6.07, 6.45) is 56.1. The van der Waals surface area contributed by atoms with Crippen LogP contribution in [0.5, 0.6) is 0 Å². The Morgan fingerprint density at radius 3 is 0.933 bits per heavy atom. The number of hydrogen-bond acceptors (Lipinski definition) is 6. The Morgan fingerprint density at radius 2 is 0.600 bits per heavy atom. The highest BCUT2D eigenvalue weighted by molar-refractivity contribution is 5.71. The lowest BCUT2D eigenvalue weighted by Crippen LogP contribution is -2.30. The van der Waals surface area contributed by atoms with Gasteiger partial charge in [0.1, 0.15) is 13.2 Å². The Morgan fingerprint density at radius 1 is 0.333 bits per heavy atom. The molecule has 352 valence electrons. The van der Waals surface area contributed by atoms with E-state index in [2.05, 4.69) is 45.1 Å². The van der Waals surface area contributed by atoms with Gasteiger partial charge in [0.05, 0.1) is 0 Å². The van der Waals surface area contributed by atoms with E-state index in [-0.39, 0.29) is 31.1 Å². The Kier molecular flexibility index (Phi) is 47.8. The zero-order valence-electron chi connectivity index (χ0n) is 40.2. The van der Waals surface area contributed by atoms with Gasteiger partial charge in [-0.15, -0.1) is 0 Å². The fourth-order valence-corrected chi connectivity index (χ4v) is 7.71. The molecule has 0 radical (unpaired) electrons. The standard InChI is InChI=1S/C54H100O6/c1-4-7-10-13-16-18-20-22-24-26-28-30-32-34-36-38-41-44-47-53(56)59-50-51(49-58-52(55)46-43-40-15-12-9-6-3)60-54(57)48-45-42-39-37-35-33-31-29-27-25-23-21-19-17-14-11-8-5-2/h18,20,24,26,51H,4-17,19,21-23,25,27-50H2,1-3H3/b20-18-,26-24-. The van der Waals surface area contributed by atoms with Crippen LogP contribution in [-0.4, -0.2) is 37.2 Å². The van der Waals surface area contributed by atoms with E-state index in [1.54, 1.807) is 0 Å². The summed E-state index contributed by atoms with van der Waals surface area (Å²) < 4.78 is 16.7. The summed E-state index contributed by atoms with van der Waals surface area (Å²) >= 11 is 0. The second-order valence-electron chi connectivity index (χ2n) is 17.8. The van der Waals surface area contributed by atoms with Crippen molar-refractivity contribution in [1.29, 1.82) is 0 Å². The third kappa shape index (κ3) is 46.9. The minimum Gasteiger partial charge on any atom is -0.462 e. The molecule has 0 aliphatic rings. The Bertz CT molecular complexity index is 973. The molecule has 1 unspecified atom stereocenters. The summed E-state index contributed by atoms with van der Waals surface area (Å²) in [5.74, 6) is -0.874. The van der Waals surface area contributed by atoms with E-state index in [1.165, 1.54) is 173 Å². The molecule has 0 N–H and O–H groups in total. The maximum absolute atomic E-state index is 12.8. The fourth-order valence-electron chi connectivity index (χ4n) is 7.71. The van der Waals surface area contributed by atoms with Gasteiger partial charge in [0, 0.05) is 19.3 Å². The molecule has 60 heavy (non-hydrogen) atoms. The average Bonchev–Trinajstić information content (AvgIpc) is 3.24. The third-order valence-corrected chi connectivity index (χ3v) is 11.7. The van der Waals surface area contributed by atoms with Gasteiger partial charge in [0.15, 0.2) is 6.10 Å². The molecule has 0 saturated carbocycles. The smallest absolute Gasteiger partial charge is 0.306 e. The molecule has 0 aliphatic heterocycles. The number of hydrogen-bond donors (Lipinski definition) is 0. The van der Waals surface area contributed by atoms with Gasteiger partial charge in [-0.2, -0.15) is 0 Å². The molecule has 0 aromatic carbocycles. The summed E-state index contributed by atoms with van der Waals surface area (Å²) in [7, 11) is 0. The summed E-state index contributed by atoms with van der Waals surface area (Å²) in [5.41, 5.74) is 0. The van der Waals surface area contributed by atoms with E-state index in [1.807, 2.05) is 0 Å². The van der Waals surface area contributed by atoms with Crippen LogP contribution in [0, 0.1) is 0 Å². The van der Waals surface area contributed by atoms with Crippen LogP contribution in [0.3, 0.4) is 0 Å². The summed E-state index contributed by atoms with van der Waals surface area (Å²) in [6, 6.07) is 0. The molecule has 1 atom stereocenters. The molecule has 0 aliphatic carbocycles. The molecule has 0 heterocycles.